The second-order valence-electron chi connectivity index (χ2n) is 4.48. The highest BCUT2D eigenvalue weighted by Crippen LogP contribution is 2.32. The number of nitrogens with zero attached hydrogens (tertiary/aromatic N) is 2. The Balaban J connectivity index is 2.23. The zero-order valence-electron chi connectivity index (χ0n) is 10.0. The largest absolute Gasteiger partial charge is 0.481 e. The van der Waals surface area contributed by atoms with Crippen molar-refractivity contribution in [3.63, 3.8) is 0 Å². The van der Waals surface area contributed by atoms with Gasteiger partial charge >= 0.3 is 12.1 Å². The standard InChI is InChI=1S/C12H13F3N2O2/c13-12(14,15)10-6-9(3-4-16-10)17-5-1-2-8(17)7-11(18)19/h3-4,6,8H,1-2,5,7H2,(H,18,19). The zero-order valence-corrected chi connectivity index (χ0v) is 10.0. The Kier molecular flexibility index (Phi) is 3.64. The molecule has 1 atom stereocenters. The van der Waals surface area contributed by atoms with Crippen LogP contribution in [-0.2, 0) is 11.0 Å². The van der Waals surface area contributed by atoms with Gasteiger partial charge in [0.1, 0.15) is 5.69 Å². The summed E-state index contributed by atoms with van der Waals surface area (Å²) < 4.78 is 37.8. The number of hydrogen-bond donors (Lipinski definition) is 1. The summed E-state index contributed by atoms with van der Waals surface area (Å²) in [6.07, 6.45) is -1.99. The topological polar surface area (TPSA) is 53.4 Å². The Labute approximate surface area is 107 Å². The van der Waals surface area contributed by atoms with Crippen LogP contribution in [0.15, 0.2) is 18.3 Å². The molecule has 0 spiro atoms. The molecule has 0 bridgehead atoms. The third-order valence-electron chi connectivity index (χ3n) is 3.15. The minimum atomic E-state index is -4.49. The second kappa shape index (κ2) is 5.07. The highest BCUT2D eigenvalue weighted by molar-refractivity contribution is 5.68. The van der Waals surface area contributed by atoms with E-state index < -0.39 is 17.8 Å². The van der Waals surface area contributed by atoms with E-state index in [0.29, 0.717) is 18.7 Å². The van der Waals surface area contributed by atoms with Gasteiger partial charge in [-0.05, 0) is 25.0 Å². The Morgan fingerprint density at radius 2 is 2.26 bits per heavy atom. The van der Waals surface area contributed by atoms with Crippen LogP contribution in [0.2, 0.25) is 0 Å². The van der Waals surface area contributed by atoms with Gasteiger partial charge in [-0.3, -0.25) is 9.78 Å². The Morgan fingerprint density at radius 1 is 1.53 bits per heavy atom. The van der Waals surface area contributed by atoms with Crippen LogP contribution in [0, 0.1) is 0 Å². The molecule has 19 heavy (non-hydrogen) atoms. The number of carboxylic acid groups (broad SMARTS) is 1. The van der Waals surface area contributed by atoms with Crippen LogP contribution in [0.3, 0.4) is 0 Å². The molecule has 0 aliphatic carbocycles. The van der Waals surface area contributed by atoms with E-state index >= 15 is 0 Å². The van der Waals surface area contributed by atoms with Crippen molar-refractivity contribution in [1.82, 2.24) is 4.98 Å². The molecule has 0 aromatic carbocycles. The second-order valence-corrected chi connectivity index (χ2v) is 4.48. The molecule has 1 aromatic rings. The molecule has 0 amide bonds. The number of aromatic nitrogens is 1. The average Bonchev–Trinajstić information content (AvgIpc) is 2.75. The number of hydrogen-bond acceptors (Lipinski definition) is 3. The van der Waals surface area contributed by atoms with E-state index in [2.05, 4.69) is 4.98 Å². The molecule has 1 aliphatic heterocycles. The molecular weight excluding hydrogens is 261 g/mol. The minimum absolute atomic E-state index is 0.0658. The average molecular weight is 274 g/mol. The van der Waals surface area contributed by atoms with Gasteiger partial charge in [-0.1, -0.05) is 0 Å². The Bertz CT molecular complexity index is 476. The Morgan fingerprint density at radius 3 is 2.89 bits per heavy atom. The molecule has 2 rings (SSSR count). The van der Waals surface area contributed by atoms with Gasteiger partial charge in [0.15, 0.2) is 0 Å². The van der Waals surface area contributed by atoms with Gasteiger partial charge in [0.2, 0.25) is 0 Å². The SMILES string of the molecule is O=C(O)CC1CCCN1c1ccnc(C(F)(F)F)c1. The van der Waals surface area contributed by atoms with Crippen molar-refractivity contribution in [1.29, 1.82) is 0 Å². The zero-order chi connectivity index (χ0) is 14.0. The predicted molar refractivity (Wildman–Crippen MR) is 61.9 cm³/mol. The number of rotatable bonds is 3. The first kappa shape index (κ1) is 13.6. The minimum Gasteiger partial charge on any atom is -0.481 e. The normalized spacial score (nSPS) is 19.7. The molecule has 4 nitrogen and oxygen atoms in total. The van der Waals surface area contributed by atoms with Gasteiger partial charge in [-0.25, -0.2) is 0 Å². The fourth-order valence-corrected chi connectivity index (χ4v) is 2.34. The highest BCUT2D eigenvalue weighted by Gasteiger charge is 2.34. The number of aliphatic carboxylic acids is 1. The van der Waals surface area contributed by atoms with Crippen molar-refractivity contribution in [3.05, 3.63) is 24.0 Å². The van der Waals surface area contributed by atoms with Gasteiger partial charge in [0.05, 0.1) is 6.42 Å². The molecule has 1 N–H and O–H groups in total. The number of carbonyl (C=O) groups is 1. The van der Waals surface area contributed by atoms with Gasteiger partial charge in [0.25, 0.3) is 0 Å². The molecule has 1 fully saturated rings. The Hall–Kier alpha value is -1.79. The quantitative estimate of drug-likeness (QED) is 0.920. The lowest BCUT2D eigenvalue weighted by Crippen LogP contribution is -2.31. The monoisotopic (exact) mass is 274 g/mol. The summed E-state index contributed by atoms with van der Waals surface area (Å²) in [7, 11) is 0. The molecule has 0 saturated carbocycles. The maximum Gasteiger partial charge on any atom is 0.433 e. The summed E-state index contributed by atoms with van der Waals surface area (Å²) in [5, 5.41) is 8.80. The fraction of sp³-hybridized carbons (Fsp3) is 0.500. The lowest BCUT2D eigenvalue weighted by Gasteiger charge is -2.26. The summed E-state index contributed by atoms with van der Waals surface area (Å²) in [4.78, 5) is 15.8. The molecule has 0 radical (unpaired) electrons. The molecule has 1 saturated heterocycles. The van der Waals surface area contributed by atoms with E-state index in [1.807, 2.05) is 0 Å². The maximum absolute atomic E-state index is 12.6. The third-order valence-corrected chi connectivity index (χ3v) is 3.15. The smallest absolute Gasteiger partial charge is 0.433 e. The van der Waals surface area contributed by atoms with Crippen LogP contribution in [0.4, 0.5) is 18.9 Å². The molecular formula is C12H13F3N2O2. The molecule has 104 valence electrons. The van der Waals surface area contributed by atoms with E-state index in [0.717, 1.165) is 18.7 Å². The van der Waals surface area contributed by atoms with Gasteiger partial charge in [-0.2, -0.15) is 13.2 Å². The van der Waals surface area contributed by atoms with Crippen LogP contribution in [-0.4, -0.2) is 28.6 Å². The number of pyridine rings is 1. The van der Waals surface area contributed by atoms with Crippen LogP contribution in [0.25, 0.3) is 0 Å². The highest BCUT2D eigenvalue weighted by atomic mass is 19.4. The van der Waals surface area contributed by atoms with Crippen molar-refractivity contribution in [2.75, 3.05) is 11.4 Å². The van der Waals surface area contributed by atoms with E-state index in [4.69, 9.17) is 5.11 Å². The molecule has 2 heterocycles. The van der Waals surface area contributed by atoms with E-state index in [9.17, 15) is 18.0 Å². The van der Waals surface area contributed by atoms with Crippen LogP contribution in [0.5, 0.6) is 0 Å². The van der Waals surface area contributed by atoms with E-state index in [1.54, 1.807) is 4.90 Å². The van der Waals surface area contributed by atoms with Crippen molar-refractivity contribution in [3.8, 4) is 0 Å². The summed E-state index contributed by atoms with van der Waals surface area (Å²) in [5.41, 5.74) is -0.572. The molecule has 1 aromatic heterocycles. The lowest BCUT2D eigenvalue weighted by atomic mass is 10.1. The van der Waals surface area contributed by atoms with Gasteiger partial charge < -0.3 is 10.0 Å². The number of alkyl halides is 3. The first-order valence-corrected chi connectivity index (χ1v) is 5.89. The van der Waals surface area contributed by atoms with E-state index in [1.165, 1.54) is 6.07 Å². The van der Waals surface area contributed by atoms with Gasteiger partial charge in [0, 0.05) is 24.5 Å². The van der Waals surface area contributed by atoms with Crippen LogP contribution < -0.4 is 4.90 Å². The van der Waals surface area contributed by atoms with Crippen molar-refractivity contribution in [2.24, 2.45) is 0 Å². The summed E-state index contributed by atoms with van der Waals surface area (Å²) in [6, 6.07) is 2.20. The summed E-state index contributed by atoms with van der Waals surface area (Å²) in [5.74, 6) is -0.943. The van der Waals surface area contributed by atoms with E-state index in [-0.39, 0.29) is 12.5 Å². The summed E-state index contributed by atoms with van der Waals surface area (Å²) >= 11 is 0. The van der Waals surface area contributed by atoms with Crippen molar-refractivity contribution in [2.45, 2.75) is 31.5 Å². The number of anilines is 1. The van der Waals surface area contributed by atoms with Crippen molar-refractivity contribution >= 4 is 11.7 Å². The fourth-order valence-electron chi connectivity index (χ4n) is 2.34. The third kappa shape index (κ3) is 3.15. The first-order chi connectivity index (χ1) is 8.88. The predicted octanol–water partition coefficient (Wildman–Crippen LogP) is 2.54. The van der Waals surface area contributed by atoms with Crippen LogP contribution >= 0.6 is 0 Å². The maximum atomic E-state index is 12.6. The molecule has 1 aliphatic rings. The summed E-state index contributed by atoms with van der Waals surface area (Å²) in [6.45, 7) is 0.569. The van der Waals surface area contributed by atoms with Crippen molar-refractivity contribution < 1.29 is 23.1 Å². The molecule has 7 heteroatoms. The first-order valence-electron chi connectivity index (χ1n) is 5.89. The lowest BCUT2D eigenvalue weighted by molar-refractivity contribution is -0.141. The number of halogens is 3. The van der Waals surface area contributed by atoms with Gasteiger partial charge in [-0.15, -0.1) is 0 Å². The number of carboxylic acids is 1. The van der Waals surface area contributed by atoms with Crippen LogP contribution in [0.1, 0.15) is 25.0 Å². The molecule has 1 unspecified atom stereocenters.